The average molecular weight is 370 g/mol. The van der Waals surface area contributed by atoms with Crippen LogP contribution in [0.1, 0.15) is 11.9 Å². The second-order valence-electron chi connectivity index (χ2n) is 5.40. The highest BCUT2D eigenvalue weighted by Gasteiger charge is 2.17. The largest absolute Gasteiger partial charge is 0.449 e. The molecule has 26 heavy (non-hydrogen) atoms. The molecule has 1 N–H and O–H groups in total. The number of benzene rings is 2. The normalized spacial score (nSPS) is 12.2. The van der Waals surface area contributed by atoms with Gasteiger partial charge in [-0.15, -0.1) is 11.3 Å². The van der Waals surface area contributed by atoms with Gasteiger partial charge in [-0.05, 0) is 37.3 Å². The Kier molecular flexibility index (Phi) is 5.38. The summed E-state index contributed by atoms with van der Waals surface area (Å²) in [4.78, 5) is 28.2. The van der Waals surface area contributed by atoms with Gasteiger partial charge in [-0.1, -0.05) is 24.3 Å². The molecular formula is C19H15FN2O3S. The highest BCUT2D eigenvalue weighted by atomic mass is 32.1. The second-order valence-corrected chi connectivity index (χ2v) is 6.46. The summed E-state index contributed by atoms with van der Waals surface area (Å²) in [5.74, 6) is -1.85. The molecule has 1 atom stereocenters. The van der Waals surface area contributed by atoms with Crippen LogP contribution in [0.15, 0.2) is 54.6 Å². The minimum Gasteiger partial charge on any atom is -0.449 e. The number of aromatic nitrogens is 1. The first-order valence-corrected chi connectivity index (χ1v) is 8.64. The van der Waals surface area contributed by atoms with E-state index in [9.17, 15) is 14.0 Å². The van der Waals surface area contributed by atoms with E-state index in [0.717, 1.165) is 10.2 Å². The van der Waals surface area contributed by atoms with E-state index in [1.54, 1.807) is 6.07 Å². The maximum atomic E-state index is 13.5. The molecule has 0 aliphatic heterocycles. The van der Waals surface area contributed by atoms with E-state index in [0.29, 0.717) is 5.01 Å². The Balaban J connectivity index is 1.58. The summed E-state index contributed by atoms with van der Waals surface area (Å²) >= 11 is 1.44. The van der Waals surface area contributed by atoms with Gasteiger partial charge in [-0.25, -0.2) is 14.2 Å². The summed E-state index contributed by atoms with van der Waals surface area (Å²) in [6.45, 7) is 1.42. The molecule has 3 aromatic rings. The van der Waals surface area contributed by atoms with Gasteiger partial charge in [0.1, 0.15) is 10.8 Å². The fourth-order valence-corrected chi connectivity index (χ4v) is 3.03. The van der Waals surface area contributed by atoms with Crippen LogP contribution in [-0.4, -0.2) is 23.0 Å². The van der Waals surface area contributed by atoms with Crippen LogP contribution in [0.5, 0.6) is 0 Å². The van der Waals surface area contributed by atoms with Crippen LogP contribution in [-0.2, 0) is 14.3 Å². The van der Waals surface area contributed by atoms with Crippen LogP contribution in [0.3, 0.4) is 0 Å². The number of rotatable bonds is 5. The van der Waals surface area contributed by atoms with Crippen molar-refractivity contribution in [2.24, 2.45) is 0 Å². The molecule has 0 spiro atoms. The van der Waals surface area contributed by atoms with E-state index in [1.165, 1.54) is 48.6 Å². The number of esters is 1. The lowest BCUT2D eigenvalue weighted by atomic mass is 10.3. The Labute approximate surface area is 153 Å². The quantitative estimate of drug-likeness (QED) is 0.544. The molecular weight excluding hydrogens is 355 g/mol. The number of nitrogens with zero attached hydrogens (tertiary/aromatic N) is 1. The van der Waals surface area contributed by atoms with Crippen molar-refractivity contribution in [3.8, 4) is 0 Å². The van der Waals surface area contributed by atoms with Gasteiger partial charge in [-0.2, -0.15) is 0 Å². The number of amides is 1. The van der Waals surface area contributed by atoms with E-state index >= 15 is 0 Å². The summed E-state index contributed by atoms with van der Waals surface area (Å²) in [5, 5.41) is 3.04. The minimum absolute atomic E-state index is 0.0328. The molecule has 7 heteroatoms. The first-order valence-electron chi connectivity index (χ1n) is 7.82. The topological polar surface area (TPSA) is 68.3 Å². The molecule has 0 unspecified atom stereocenters. The fraction of sp³-hybridized carbons (Fsp3) is 0.105. The van der Waals surface area contributed by atoms with Crippen molar-refractivity contribution in [3.05, 3.63) is 65.4 Å². The van der Waals surface area contributed by atoms with Crippen LogP contribution in [0, 0.1) is 5.82 Å². The number of para-hydroxylation sites is 2. The van der Waals surface area contributed by atoms with Crippen LogP contribution in [0.25, 0.3) is 16.3 Å². The third-order valence-electron chi connectivity index (χ3n) is 3.47. The van der Waals surface area contributed by atoms with Gasteiger partial charge in [0.2, 0.25) is 0 Å². The van der Waals surface area contributed by atoms with Crippen molar-refractivity contribution in [2.75, 3.05) is 5.32 Å². The maximum absolute atomic E-state index is 13.5. The third-order valence-corrected chi connectivity index (χ3v) is 4.47. The van der Waals surface area contributed by atoms with Crippen LogP contribution in [0.2, 0.25) is 0 Å². The van der Waals surface area contributed by atoms with Crippen molar-refractivity contribution < 1.29 is 18.7 Å². The first-order chi connectivity index (χ1) is 12.5. The van der Waals surface area contributed by atoms with Gasteiger partial charge in [0, 0.05) is 6.08 Å². The smallest absolute Gasteiger partial charge is 0.331 e. The van der Waals surface area contributed by atoms with Gasteiger partial charge >= 0.3 is 5.97 Å². The molecule has 2 aromatic carbocycles. The molecule has 1 aromatic heterocycles. The van der Waals surface area contributed by atoms with Crippen molar-refractivity contribution in [1.29, 1.82) is 0 Å². The molecule has 0 radical (unpaired) electrons. The van der Waals surface area contributed by atoms with Gasteiger partial charge in [-0.3, -0.25) is 4.79 Å². The monoisotopic (exact) mass is 370 g/mol. The third kappa shape index (κ3) is 4.31. The van der Waals surface area contributed by atoms with Gasteiger partial charge in [0.05, 0.1) is 15.9 Å². The van der Waals surface area contributed by atoms with E-state index in [4.69, 9.17) is 4.74 Å². The Hall–Kier alpha value is -3.06. The Morgan fingerprint density at radius 3 is 2.69 bits per heavy atom. The number of hydrogen-bond acceptors (Lipinski definition) is 5. The van der Waals surface area contributed by atoms with Crippen molar-refractivity contribution in [2.45, 2.75) is 13.0 Å². The molecule has 1 heterocycles. The highest BCUT2D eigenvalue weighted by molar-refractivity contribution is 7.19. The summed E-state index contributed by atoms with van der Waals surface area (Å²) < 4.78 is 19.6. The lowest BCUT2D eigenvalue weighted by Crippen LogP contribution is -2.29. The Morgan fingerprint density at radius 1 is 1.19 bits per heavy atom. The number of thiazole rings is 1. The number of carbonyl (C=O) groups is 2. The van der Waals surface area contributed by atoms with E-state index in [-0.39, 0.29) is 5.69 Å². The zero-order chi connectivity index (χ0) is 18.5. The Bertz CT molecular complexity index is 951. The molecule has 0 saturated heterocycles. The molecule has 1 amide bonds. The summed E-state index contributed by atoms with van der Waals surface area (Å²) in [6, 6.07) is 13.4. The SMILES string of the molecule is C[C@@H](OC(=O)/C=C/c1nc2ccccc2s1)C(=O)Nc1ccccc1F. The van der Waals surface area contributed by atoms with Gasteiger partial charge in [0.25, 0.3) is 5.91 Å². The van der Waals surface area contributed by atoms with Crippen molar-refractivity contribution in [3.63, 3.8) is 0 Å². The van der Waals surface area contributed by atoms with Gasteiger partial charge < -0.3 is 10.1 Å². The maximum Gasteiger partial charge on any atom is 0.331 e. The first kappa shape index (κ1) is 17.8. The zero-order valence-electron chi connectivity index (χ0n) is 13.8. The lowest BCUT2D eigenvalue weighted by molar-refractivity contribution is -0.148. The molecule has 0 fully saturated rings. The van der Waals surface area contributed by atoms with Gasteiger partial charge in [0.15, 0.2) is 6.10 Å². The van der Waals surface area contributed by atoms with E-state index < -0.39 is 23.8 Å². The van der Waals surface area contributed by atoms with Crippen LogP contribution >= 0.6 is 11.3 Å². The predicted octanol–water partition coefficient (Wildman–Crippen LogP) is 4.02. The lowest BCUT2D eigenvalue weighted by Gasteiger charge is -2.12. The summed E-state index contributed by atoms with van der Waals surface area (Å²) in [5.41, 5.74) is 0.883. The highest BCUT2D eigenvalue weighted by Crippen LogP contribution is 2.22. The number of ether oxygens (including phenoxy) is 1. The number of nitrogens with one attached hydrogen (secondary N) is 1. The zero-order valence-corrected chi connectivity index (χ0v) is 14.6. The molecule has 0 aliphatic rings. The number of carbonyl (C=O) groups excluding carboxylic acids is 2. The number of halogens is 1. The fourth-order valence-electron chi connectivity index (χ4n) is 2.16. The molecule has 3 rings (SSSR count). The predicted molar refractivity (Wildman–Crippen MR) is 99.2 cm³/mol. The molecule has 0 saturated carbocycles. The average Bonchev–Trinajstić information content (AvgIpc) is 3.05. The van der Waals surface area contributed by atoms with E-state index in [1.807, 2.05) is 24.3 Å². The number of anilines is 1. The standard InChI is InChI=1S/C19H15FN2O3S/c1-12(19(24)22-14-7-3-2-6-13(14)20)25-18(23)11-10-17-21-15-8-4-5-9-16(15)26-17/h2-12H,1H3,(H,22,24)/b11-10+/t12-/m1/s1. The number of fused-ring (bicyclic) bond motifs is 1. The van der Waals surface area contributed by atoms with Crippen molar-refractivity contribution in [1.82, 2.24) is 4.98 Å². The van der Waals surface area contributed by atoms with Crippen molar-refractivity contribution >= 4 is 45.2 Å². The summed E-state index contributed by atoms with van der Waals surface area (Å²) in [6.07, 6.45) is 1.68. The Morgan fingerprint density at radius 2 is 1.92 bits per heavy atom. The minimum atomic E-state index is -1.07. The molecule has 0 aliphatic carbocycles. The molecule has 5 nitrogen and oxygen atoms in total. The van der Waals surface area contributed by atoms with E-state index in [2.05, 4.69) is 10.3 Å². The summed E-state index contributed by atoms with van der Waals surface area (Å²) in [7, 11) is 0. The molecule has 132 valence electrons. The van der Waals surface area contributed by atoms with Crippen LogP contribution < -0.4 is 5.32 Å². The number of hydrogen-bond donors (Lipinski definition) is 1. The van der Waals surface area contributed by atoms with Crippen LogP contribution in [0.4, 0.5) is 10.1 Å². The second kappa shape index (κ2) is 7.88. The molecule has 0 bridgehead atoms.